The number of hydrogen-bond acceptors (Lipinski definition) is 1. The average Bonchev–Trinajstić information content (AvgIpc) is 3.72. The molecule has 12 rings (SSSR count). The molecule has 1 unspecified atom stereocenters. The summed E-state index contributed by atoms with van der Waals surface area (Å²) in [4.78, 5) is 0. The molecule has 1 nitrogen and oxygen atoms in total. The Labute approximate surface area is 320 Å². The smallest absolute Gasteiger partial charge is 0.140 e. The highest BCUT2D eigenvalue weighted by Crippen LogP contribution is 2.65. The van der Waals surface area contributed by atoms with Gasteiger partial charge in [-0.15, -0.1) is 0 Å². The molecule has 1 heterocycles. The lowest BCUT2D eigenvalue weighted by atomic mass is 9.63. The Balaban J connectivity index is 1.18. The van der Waals surface area contributed by atoms with E-state index in [1.807, 2.05) is 0 Å². The van der Waals surface area contributed by atoms with E-state index in [1.165, 1.54) is 72.0 Å². The first-order chi connectivity index (χ1) is 27.3. The molecule has 256 valence electrons. The molecular formula is C54H34O. The minimum Gasteiger partial charge on any atom is -0.456 e. The number of fused-ring (bicyclic) bond motifs is 13. The van der Waals surface area contributed by atoms with Crippen molar-refractivity contribution in [1.82, 2.24) is 0 Å². The Morgan fingerprint density at radius 3 is 1.53 bits per heavy atom. The van der Waals surface area contributed by atoms with E-state index in [0.29, 0.717) is 0 Å². The van der Waals surface area contributed by atoms with Gasteiger partial charge in [-0.1, -0.05) is 188 Å². The molecule has 1 atom stereocenters. The van der Waals surface area contributed by atoms with Gasteiger partial charge in [0.25, 0.3) is 0 Å². The van der Waals surface area contributed by atoms with Gasteiger partial charge in [0.05, 0.1) is 10.8 Å². The summed E-state index contributed by atoms with van der Waals surface area (Å²) in [7, 11) is 0. The van der Waals surface area contributed by atoms with Crippen molar-refractivity contribution in [2.75, 3.05) is 0 Å². The third-order valence-electron chi connectivity index (χ3n) is 12.6. The standard InChI is InChI=1S/C54H34O/c1-3-19-37(20-4-1)53(38-21-5-2-6-22-38)46-29-13-14-32-50(46)55-52-41(26-16-31-48(52)53)40-25-15-30-47-51(40)42-24-10-12-28-45(42)54(47)44-27-11-9-23-39(44)43-33-35-17-7-8-18-36(35)34-49(43)54/h1-34H. The van der Waals surface area contributed by atoms with Crippen molar-refractivity contribution in [3.05, 3.63) is 251 Å². The van der Waals surface area contributed by atoms with Crippen LogP contribution in [0.15, 0.2) is 206 Å². The van der Waals surface area contributed by atoms with Gasteiger partial charge in [-0.2, -0.15) is 0 Å². The molecule has 0 amide bonds. The number of ether oxygens (including phenoxy) is 1. The maximum atomic E-state index is 7.19. The normalized spacial score (nSPS) is 16.4. The Morgan fingerprint density at radius 1 is 0.291 bits per heavy atom. The van der Waals surface area contributed by atoms with Crippen LogP contribution in [0, 0.1) is 0 Å². The summed E-state index contributed by atoms with van der Waals surface area (Å²) in [5, 5.41) is 2.53. The lowest BCUT2D eigenvalue weighted by molar-refractivity contribution is 0.436. The average molecular weight is 699 g/mol. The molecule has 1 aliphatic heterocycles. The SMILES string of the molecule is c1ccc(C2(c3ccccc3)c3ccccc3Oc3c(-c4cccc5c4-c4ccccc4C54c5ccccc5-c5cc6ccccc6cc54)cccc32)cc1. The number of benzene rings is 9. The first-order valence-electron chi connectivity index (χ1n) is 19.2. The van der Waals surface area contributed by atoms with Crippen molar-refractivity contribution in [3.8, 4) is 44.9 Å². The van der Waals surface area contributed by atoms with E-state index < -0.39 is 10.8 Å². The molecule has 0 radical (unpaired) electrons. The fraction of sp³-hybridized carbons (Fsp3) is 0.0370. The molecule has 0 aromatic heterocycles. The Bertz CT molecular complexity index is 2970. The van der Waals surface area contributed by atoms with Gasteiger partial charge in [0.15, 0.2) is 0 Å². The summed E-state index contributed by atoms with van der Waals surface area (Å²) in [6, 6.07) is 76.1. The minimum atomic E-state index is -0.593. The second-order valence-electron chi connectivity index (χ2n) is 15.1. The van der Waals surface area contributed by atoms with Crippen LogP contribution in [-0.2, 0) is 10.8 Å². The maximum absolute atomic E-state index is 7.19. The predicted molar refractivity (Wildman–Crippen MR) is 224 cm³/mol. The number of para-hydroxylation sites is 2. The first-order valence-corrected chi connectivity index (χ1v) is 19.2. The summed E-state index contributed by atoms with van der Waals surface area (Å²) < 4.78 is 7.19. The molecule has 3 aliphatic rings. The van der Waals surface area contributed by atoms with Gasteiger partial charge < -0.3 is 4.74 Å². The molecule has 0 saturated heterocycles. The monoisotopic (exact) mass is 698 g/mol. The molecule has 55 heavy (non-hydrogen) atoms. The van der Waals surface area contributed by atoms with Crippen LogP contribution in [-0.4, -0.2) is 0 Å². The van der Waals surface area contributed by atoms with Gasteiger partial charge in [-0.3, -0.25) is 0 Å². The van der Waals surface area contributed by atoms with Crippen molar-refractivity contribution in [3.63, 3.8) is 0 Å². The maximum Gasteiger partial charge on any atom is 0.140 e. The van der Waals surface area contributed by atoms with Crippen molar-refractivity contribution >= 4 is 10.8 Å². The van der Waals surface area contributed by atoms with Crippen LogP contribution in [0.5, 0.6) is 11.5 Å². The summed E-state index contributed by atoms with van der Waals surface area (Å²) in [5.74, 6) is 1.78. The van der Waals surface area contributed by atoms with Gasteiger partial charge in [-0.05, 0) is 90.2 Å². The first kappa shape index (κ1) is 30.5. The van der Waals surface area contributed by atoms with E-state index in [1.54, 1.807) is 0 Å². The third kappa shape index (κ3) is 3.87. The van der Waals surface area contributed by atoms with E-state index in [9.17, 15) is 0 Å². The van der Waals surface area contributed by atoms with Crippen LogP contribution in [0.2, 0.25) is 0 Å². The molecule has 0 saturated carbocycles. The number of rotatable bonds is 3. The van der Waals surface area contributed by atoms with Gasteiger partial charge in [-0.25, -0.2) is 0 Å². The lowest BCUT2D eigenvalue weighted by Crippen LogP contribution is -2.34. The highest BCUT2D eigenvalue weighted by Gasteiger charge is 2.53. The fourth-order valence-electron chi connectivity index (χ4n) is 10.5. The van der Waals surface area contributed by atoms with Gasteiger partial charge in [0.1, 0.15) is 11.5 Å². The van der Waals surface area contributed by atoms with Crippen LogP contribution in [0.3, 0.4) is 0 Å². The molecule has 0 fully saturated rings. The van der Waals surface area contributed by atoms with Crippen LogP contribution in [0.1, 0.15) is 44.5 Å². The van der Waals surface area contributed by atoms with Crippen molar-refractivity contribution in [2.45, 2.75) is 10.8 Å². The van der Waals surface area contributed by atoms with E-state index >= 15 is 0 Å². The van der Waals surface area contributed by atoms with Crippen LogP contribution < -0.4 is 4.74 Å². The van der Waals surface area contributed by atoms with Crippen molar-refractivity contribution in [1.29, 1.82) is 0 Å². The summed E-state index contributed by atoms with van der Waals surface area (Å²) >= 11 is 0. The molecule has 0 bridgehead atoms. The molecule has 2 aliphatic carbocycles. The zero-order valence-electron chi connectivity index (χ0n) is 30.0. The molecule has 9 aromatic rings. The molecule has 9 aromatic carbocycles. The Morgan fingerprint density at radius 2 is 0.800 bits per heavy atom. The third-order valence-corrected chi connectivity index (χ3v) is 12.6. The summed E-state index contributed by atoms with van der Waals surface area (Å²) in [6.45, 7) is 0. The molecule has 0 N–H and O–H groups in total. The van der Waals surface area contributed by atoms with Gasteiger partial charge >= 0.3 is 0 Å². The Hall–Kier alpha value is -6.96. The van der Waals surface area contributed by atoms with Crippen LogP contribution >= 0.6 is 0 Å². The second-order valence-corrected chi connectivity index (χ2v) is 15.1. The lowest BCUT2D eigenvalue weighted by Gasteiger charge is -2.42. The zero-order chi connectivity index (χ0) is 36.1. The van der Waals surface area contributed by atoms with E-state index in [-0.39, 0.29) is 0 Å². The van der Waals surface area contributed by atoms with E-state index in [4.69, 9.17) is 4.74 Å². The van der Waals surface area contributed by atoms with Gasteiger partial charge in [0, 0.05) is 16.7 Å². The quantitative estimate of drug-likeness (QED) is 0.178. The number of hydrogen-bond donors (Lipinski definition) is 0. The molecule has 1 spiro atoms. The highest BCUT2D eigenvalue weighted by atomic mass is 16.5. The summed E-state index contributed by atoms with van der Waals surface area (Å²) in [5.41, 5.74) is 16.4. The molecular weight excluding hydrogens is 665 g/mol. The minimum absolute atomic E-state index is 0.460. The second kappa shape index (κ2) is 11.3. The zero-order valence-corrected chi connectivity index (χ0v) is 30.0. The topological polar surface area (TPSA) is 9.23 Å². The highest BCUT2D eigenvalue weighted by molar-refractivity contribution is 6.03. The predicted octanol–water partition coefficient (Wildman–Crippen LogP) is 13.3. The van der Waals surface area contributed by atoms with Crippen molar-refractivity contribution in [2.24, 2.45) is 0 Å². The Kier molecular flexibility index (Phi) is 6.25. The van der Waals surface area contributed by atoms with Gasteiger partial charge in [0.2, 0.25) is 0 Å². The molecule has 1 heteroatoms. The summed E-state index contributed by atoms with van der Waals surface area (Å²) in [6.07, 6.45) is 0. The van der Waals surface area contributed by atoms with Crippen LogP contribution in [0.25, 0.3) is 44.2 Å². The van der Waals surface area contributed by atoms with E-state index in [0.717, 1.165) is 28.2 Å². The van der Waals surface area contributed by atoms with Crippen molar-refractivity contribution < 1.29 is 4.74 Å². The van der Waals surface area contributed by atoms with Crippen LogP contribution in [0.4, 0.5) is 0 Å². The van der Waals surface area contributed by atoms with E-state index in [2.05, 4.69) is 206 Å². The fourth-order valence-corrected chi connectivity index (χ4v) is 10.5. The largest absolute Gasteiger partial charge is 0.456 e.